The second-order valence-electron chi connectivity index (χ2n) is 9.13. The van der Waals surface area contributed by atoms with Gasteiger partial charge in [0.25, 0.3) is 0 Å². The molecule has 5 nitrogen and oxygen atoms in total. The number of rotatable bonds is 9. The summed E-state index contributed by atoms with van der Waals surface area (Å²) in [6.45, 7) is 5.56. The second-order valence-corrected chi connectivity index (χ2v) is 9.13. The number of amides is 1. The minimum Gasteiger partial charge on any atom is -0.658 e. The van der Waals surface area contributed by atoms with Crippen molar-refractivity contribution >= 4 is 6.09 Å². The first-order valence-electron chi connectivity index (χ1n) is 12.0. The summed E-state index contributed by atoms with van der Waals surface area (Å²) in [7, 11) is 4.17. The van der Waals surface area contributed by atoms with E-state index in [1.165, 1.54) is 6.42 Å². The summed E-state index contributed by atoms with van der Waals surface area (Å²) in [5, 5.41) is 7.58. The Morgan fingerprint density at radius 2 is 1.71 bits per heavy atom. The van der Waals surface area contributed by atoms with E-state index in [4.69, 9.17) is 4.74 Å². The first-order chi connectivity index (χ1) is 16.0. The van der Waals surface area contributed by atoms with Crippen molar-refractivity contribution in [2.24, 2.45) is 0 Å². The first kappa shape index (κ1) is 28.3. The predicted octanol–water partition coefficient (Wildman–Crippen LogP) is 5.87. The fourth-order valence-corrected chi connectivity index (χ4v) is 4.61. The minimum atomic E-state index is -0.604. The molecule has 1 saturated heterocycles. The molecule has 0 saturated carbocycles. The Morgan fingerprint density at radius 3 is 2.18 bits per heavy atom. The van der Waals surface area contributed by atoms with Crippen LogP contribution in [0.15, 0.2) is 72.5 Å². The summed E-state index contributed by atoms with van der Waals surface area (Å²) in [5.41, 5.74) is 1.61. The number of nitrogens with zero attached hydrogens (tertiary/aromatic N) is 2. The number of carbonyl (C=O) groups is 1. The molecule has 2 aromatic rings. The number of allylic oxidation sites excluding steroid dienone is 2. The van der Waals surface area contributed by atoms with Crippen molar-refractivity contribution in [2.75, 3.05) is 27.2 Å². The van der Waals surface area contributed by atoms with Crippen LogP contribution in [0.2, 0.25) is 0 Å². The zero-order chi connectivity index (χ0) is 23.7. The van der Waals surface area contributed by atoms with Crippen LogP contribution in [0.5, 0.6) is 0 Å². The van der Waals surface area contributed by atoms with E-state index in [0.29, 0.717) is 12.3 Å². The quantitative estimate of drug-likeness (QED) is 0.311. The van der Waals surface area contributed by atoms with Crippen molar-refractivity contribution in [1.29, 1.82) is 0 Å². The Morgan fingerprint density at radius 1 is 1.12 bits per heavy atom. The summed E-state index contributed by atoms with van der Waals surface area (Å²) in [6.07, 6.45) is 5.61. The molecule has 6 heteroatoms. The van der Waals surface area contributed by atoms with Gasteiger partial charge in [-0.1, -0.05) is 79.9 Å². The van der Waals surface area contributed by atoms with Gasteiger partial charge in [0.05, 0.1) is 5.41 Å². The van der Waals surface area contributed by atoms with Gasteiger partial charge in [-0.25, -0.2) is 4.79 Å². The molecule has 1 aliphatic heterocycles. The van der Waals surface area contributed by atoms with Crippen LogP contribution in [-0.2, 0) is 32.5 Å². The number of piperidine rings is 1. The summed E-state index contributed by atoms with van der Waals surface area (Å²) in [5.74, 6) is 0.645. The van der Waals surface area contributed by atoms with Gasteiger partial charge in [0.15, 0.2) is 0 Å². The average molecular weight is 556 g/mol. The van der Waals surface area contributed by atoms with Gasteiger partial charge >= 0.3 is 28.5 Å². The number of nitrogens with one attached hydrogen (secondary N) is 1. The number of ether oxygens (including phenoxy) is 1. The van der Waals surface area contributed by atoms with Crippen molar-refractivity contribution in [3.63, 3.8) is 0 Å². The normalized spacial score (nSPS) is 17.6. The van der Waals surface area contributed by atoms with E-state index in [2.05, 4.69) is 60.8 Å². The molecule has 1 N–H and O–H groups in total. The molecule has 0 bridgehead atoms. The first-order valence-corrected chi connectivity index (χ1v) is 12.0. The fraction of sp³-hybridized carbons (Fsp3) is 0.464. The monoisotopic (exact) mass is 555 g/mol. The smallest absolute Gasteiger partial charge is 0.658 e. The summed E-state index contributed by atoms with van der Waals surface area (Å²) < 4.78 is 6.10. The largest absolute Gasteiger partial charge is 1.00 e. The molecule has 1 amide bonds. The van der Waals surface area contributed by atoms with Crippen molar-refractivity contribution in [2.45, 2.75) is 57.0 Å². The molecule has 2 aromatic carbocycles. The van der Waals surface area contributed by atoms with Crippen LogP contribution in [-0.4, -0.2) is 50.3 Å². The predicted molar refractivity (Wildman–Crippen MR) is 136 cm³/mol. The van der Waals surface area contributed by atoms with Crippen molar-refractivity contribution in [1.82, 2.24) is 10.2 Å². The SMILES string of the molecule is C/C=C(\OC(=O)NCC1CCCC[N-]1)C(CC(C)N(C)C)(c1ccccc1)c1ccccc1.[Ag+]. The van der Waals surface area contributed by atoms with Gasteiger partial charge in [-0.15, -0.1) is 12.6 Å². The number of carbonyl (C=O) groups excluding carboxylic acids is 1. The summed E-state index contributed by atoms with van der Waals surface area (Å²) in [4.78, 5) is 15.2. The van der Waals surface area contributed by atoms with Gasteiger partial charge in [-0.05, 0) is 51.6 Å². The third-order valence-electron chi connectivity index (χ3n) is 6.72. The van der Waals surface area contributed by atoms with Crippen molar-refractivity contribution < 1.29 is 31.9 Å². The molecule has 0 spiro atoms. The topological polar surface area (TPSA) is 55.7 Å². The van der Waals surface area contributed by atoms with Gasteiger partial charge in [0.2, 0.25) is 0 Å². The minimum absolute atomic E-state index is 0. The van der Waals surface area contributed by atoms with Gasteiger partial charge < -0.3 is 20.3 Å². The van der Waals surface area contributed by atoms with E-state index < -0.39 is 11.5 Å². The van der Waals surface area contributed by atoms with Gasteiger partial charge in [0, 0.05) is 12.6 Å². The Labute approximate surface area is 220 Å². The maximum atomic E-state index is 13.0. The molecule has 0 radical (unpaired) electrons. The second kappa shape index (κ2) is 13.9. The number of alkyl carbamates (subject to hydrolysis) is 1. The Kier molecular flexibility index (Phi) is 11.6. The molecule has 34 heavy (non-hydrogen) atoms. The van der Waals surface area contributed by atoms with Gasteiger partial charge in [-0.2, -0.15) is 0 Å². The van der Waals surface area contributed by atoms with E-state index in [9.17, 15) is 4.79 Å². The third kappa shape index (κ3) is 7.06. The summed E-state index contributed by atoms with van der Waals surface area (Å²) >= 11 is 0. The third-order valence-corrected chi connectivity index (χ3v) is 6.72. The molecule has 1 heterocycles. The average Bonchev–Trinajstić information content (AvgIpc) is 2.86. The van der Waals surface area contributed by atoms with Gasteiger partial charge in [0.1, 0.15) is 5.76 Å². The van der Waals surface area contributed by atoms with Crippen LogP contribution in [0.25, 0.3) is 5.32 Å². The molecule has 0 aromatic heterocycles. The maximum Gasteiger partial charge on any atom is 1.00 e. The molecular weight excluding hydrogens is 518 g/mol. The van der Waals surface area contributed by atoms with Crippen LogP contribution in [0, 0.1) is 0 Å². The molecular formula is C28H38AgN3O2. The number of hydrogen-bond acceptors (Lipinski definition) is 3. The van der Waals surface area contributed by atoms with E-state index >= 15 is 0 Å². The zero-order valence-electron chi connectivity index (χ0n) is 20.8. The molecule has 3 rings (SSSR count). The van der Waals surface area contributed by atoms with E-state index in [-0.39, 0.29) is 34.5 Å². The molecule has 1 aliphatic rings. The van der Waals surface area contributed by atoms with E-state index in [1.54, 1.807) is 0 Å². The van der Waals surface area contributed by atoms with E-state index in [1.807, 2.05) is 49.4 Å². The van der Waals surface area contributed by atoms with Gasteiger partial charge in [-0.3, -0.25) is 0 Å². The molecule has 2 atom stereocenters. The van der Waals surface area contributed by atoms with Crippen LogP contribution in [0.1, 0.15) is 50.7 Å². The molecule has 1 fully saturated rings. The van der Waals surface area contributed by atoms with Crippen LogP contribution >= 0.6 is 0 Å². The Balaban J connectivity index is 0.00000408. The standard InChI is InChI=1S/C28H38N3O2.Ag/c1-5-26(33-27(32)30-21-25-18-12-13-19-29-25)28(20-22(2)31(3)4,23-14-8-6-9-15-23)24-16-10-7-11-17-24;/h5-11,14-17,22,25H,12-13,18-21H2,1-4H3,(H,30,32);/q-1;+1/b26-5-;. The van der Waals surface area contributed by atoms with Crippen molar-refractivity contribution in [3.05, 3.63) is 88.9 Å². The Hall–Kier alpha value is -1.89. The molecule has 0 aliphatic carbocycles. The van der Waals surface area contributed by atoms with Crippen molar-refractivity contribution in [3.8, 4) is 0 Å². The summed E-state index contributed by atoms with van der Waals surface area (Å²) in [6, 6.07) is 21.2. The molecule has 188 valence electrons. The van der Waals surface area contributed by atoms with Crippen LogP contribution in [0.3, 0.4) is 0 Å². The number of benzene rings is 2. The fourth-order valence-electron chi connectivity index (χ4n) is 4.61. The Bertz CT molecular complexity index is 857. The van der Waals surface area contributed by atoms with Crippen LogP contribution < -0.4 is 5.32 Å². The number of hydrogen-bond donors (Lipinski definition) is 1. The van der Waals surface area contributed by atoms with Crippen LogP contribution in [0.4, 0.5) is 4.79 Å². The van der Waals surface area contributed by atoms with E-state index in [0.717, 1.165) is 36.9 Å². The zero-order valence-corrected chi connectivity index (χ0v) is 22.2. The molecule has 2 unspecified atom stereocenters. The maximum absolute atomic E-state index is 13.0.